The summed E-state index contributed by atoms with van der Waals surface area (Å²) in [6.07, 6.45) is 4.42. The number of rotatable bonds is 2. The molecule has 0 radical (unpaired) electrons. The van der Waals surface area contributed by atoms with E-state index in [-0.39, 0.29) is 24.7 Å². The van der Waals surface area contributed by atoms with Crippen molar-refractivity contribution in [2.75, 3.05) is 13.2 Å². The first-order chi connectivity index (χ1) is 11.2. The number of aliphatic hydroxyl groups is 1. The van der Waals surface area contributed by atoms with Crippen LogP contribution in [0.25, 0.3) is 11.5 Å². The van der Waals surface area contributed by atoms with Crippen LogP contribution in [-0.2, 0) is 14.3 Å². The topological polar surface area (TPSA) is 122 Å². The van der Waals surface area contributed by atoms with Crippen LogP contribution in [0, 0.1) is 6.92 Å². The van der Waals surface area contributed by atoms with Crippen molar-refractivity contribution in [3.05, 3.63) is 24.4 Å². The normalized spacial score (nSPS) is 29.0. The highest BCUT2D eigenvalue weighted by Crippen LogP contribution is 2.36. The minimum atomic E-state index is -0.538. The van der Waals surface area contributed by atoms with Crippen molar-refractivity contribution in [1.29, 1.82) is 0 Å². The van der Waals surface area contributed by atoms with E-state index in [1.54, 1.807) is 12.5 Å². The molecule has 4 rings (SSSR count). The molecule has 124 valence electrons. The van der Waals surface area contributed by atoms with E-state index in [0.29, 0.717) is 13.2 Å². The SMILES string of the molecule is Cc1[nH]cnc1-c1nccn1[C@@H]1CO[C@H]2[C@@H]1OC[C@H]2O.O=CO. The molecule has 3 N–H and O–H groups in total. The lowest BCUT2D eigenvalue weighted by molar-refractivity contribution is -0.122. The Kier molecular flexibility index (Phi) is 4.42. The lowest BCUT2D eigenvalue weighted by Gasteiger charge is -2.19. The van der Waals surface area contributed by atoms with Crippen LogP contribution in [0.15, 0.2) is 18.7 Å². The zero-order valence-corrected chi connectivity index (χ0v) is 12.5. The second kappa shape index (κ2) is 6.49. The molecule has 0 amide bonds. The Bertz CT molecular complexity index is 670. The summed E-state index contributed by atoms with van der Waals surface area (Å²) in [5.41, 5.74) is 1.80. The van der Waals surface area contributed by atoms with Gasteiger partial charge in [-0.2, -0.15) is 0 Å². The molecule has 0 unspecified atom stereocenters. The standard InChI is InChI=1S/C13H16N4O3.CH2O2/c1-7-10(16-6-15-7)13-14-2-3-17(13)8-4-19-12-9(18)5-20-11(8)12;2-1-3/h2-3,6,8-9,11-12,18H,4-5H2,1H3,(H,15,16);1H,(H,2,3)/t8-,9-,11-,12-;/m1./s1. The zero-order valence-electron chi connectivity index (χ0n) is 12.5. The second-order valence-corrected chi connectivity index (χ2v) is 5.37. The van der Waals surface area contributed by atoms with Gasteiger partial charge in [-0.05, 0) is 6.92 Å². The Morgan fingerprint density at radius 2 is 2.09 bits per heavy atom. The number of fused-ring (bicyclic) bond motifs is 1. The molecule has 2 saturated heterocycles. The van der Waals surface area contributed by atoms with Crippen molar-refractivity contribution in [2.24, 2.45) is 0 Å². The van der Waals surface area contributed by atoms with Gasteiger partial charge in [0.15, 0.2) is 5.82 Å². The number of aromatic amines is 1. The summed E-state index contributed by atoms with van der Waals surface area (Å²) in [5.74, 6) is 0.794. The largest absolute Gasteiger partial charge is 0.483 e. The van der Waals surface area contributed by atoms with Gasteiger partial charge in [0.2, 0.25) is 0 Å². The van der Waals surface area contributed by atoms with Crippen LogP contribution in [0.5, 0.6) is 0 Å². The van der Waals surface area contributed by atoms with Gasteiger partial charge < -0.3 is 29.2 Å². The Morgan fingerprint density at radius 3 is 2.78 bits per heavy atom. The first-order valence-electron chi connectivity index (χ1n) is 7.19. The number of carbonyl (C=O) groups is 1. The molecule has 4 heterocycles. The number of nitrogens with one attached hydrogen (secondary N) is 1. The third-order valence-corrected chi connectivity index (χ3v) is 4.07. The summed E-state index contributed by atoms with van der Waals surface area (Å²) in [5, 5.41) is 16.7. The number of ether oxygens (including phenoxy) is 2. The minimum Gasteiger partial charge on any atom is -0.483 e. The van der Waals surface area contributed by atoms with Crippen molar-refractivity contribution in [2.45, 2.75) is 31.3 Å². The number of H-pyrrole nitrogens is 1. The van der Waals surface area contributed by atoms with E-state index in [1.807, 2.05) is 17.7 Å². The fourth-order valence-electron chi connectivity index (χ4n) is 3.05. The van der Waals surface area contributed by atoms with Crippen LogP contribution < -0.4 is 0 Å². The summed E-state index contributed by atoms with van der Waals surface area (Å²) in [7, 11) is 0. The molecule has 2 aromatic rings. The van der Waals surface area contributed by atoms with Gasteiger partial charge >= 0.3 is 0 Å². The third kappa shape index (κ3) is 2.74. The first kappa shape index (κ1) is 15.7. The van der Waals surface area contributed by atoms with E-state index in [9.17, 15) is 5.11 Å². The number of imidazole rings is 2. The molecule has 0 aromatic carbocycles. The van der Waals surface area contributed by atoms with E-state index in [0.717, 1.165) is 17.2 Å². The molecule has 4 atom stereocenters. The number of carboxylic acid groups (broad SMARTS) is 1. The van der Waals surface area contributed by atoms with E-state index in [1.165, 1.54) is 0 Å². The van der Waals surface area contributed by atoms with E-state index >= 15 is 0 Å². The highest BCUT2D eigenvalue weighted by molar-refractivity contribution is 5.53. The van der Waals surface area contributed by atoms with Crippen LogP contribution in [0.4, 0.5) is 0 Å². The predicted molar refractivity (Wildman–Crippen MR) is 77.8 cm³/mol. The van der Waals surface area contributed by atoms with Crippen molar-refractivity contribution in [3.8, 4) is 11.5 Å². The monoisotopic (exact) mass is 322 g/mol. The lowest BCUT2D eigenvalue weighted by Crippen LogP contribution is -2.30. The number of aromatic nitrogens is 4. The van der Waals surface area contributed by atoms with E-state index in [4.69, 9.17) is 19.4 Å². The number of hydrogen-bond donors (Lipinski definition) is 3. The summed E-state index contributed by atoms with van der Waals surface area (Å²) < 4.78 is 13.4. The molecule has 0 saturated carbocycles. The highest BCUT2D eigenvalue weighted by Gasteiger charge is 2.48. The smallest absolute Gasteiger partial charge is 0.290 e. The molecule has 0 aliphatic carbocycles. The summed E-state index contributed by atoms with van der Waals surface area (Å²) in [6.45, 7) is 2.56. The molecule has 0 spiro atoms. The maximum atomic E-state index is 9.82. The average molecular weight is 322 g/mol. The molecule has 2 fully saturated rings. The third-order valence-electron chi connectivity index (χ3n) is 4.07. The van der Waals surface area contributed by atoms with Gasteiger partial charge in [0, 0.05) is 18.1 Å². The van der Waals surface area contributed by atoms with Crippen molar-refractivity contribution >= 4 is 6.47 Å². The van der Waals surface area contributed by atoms with Gasteiger partial charge in [-0.3, -0.25) is 4.79 Å². The molecule has 0 bridgehead atoms. The number of nitrogens with zero attached hydrogens (tertiary/aromatic N) is 3. The Labute approximate surface area is 131 Å². The second-order valence-electron chi connectivity index (χ2n) is 5.37. The maximum Gasteiger partial charge on any atom is 0.290 e. The molecule has 9 nitrogen and oxygen atoms in total. The fraction of sp³-hybridized carbons (Fsp3) is 0.500. The van der Waals surface area contributed by atoms with Crippen LogP contribution in [0.2, 0.25) is 0 Å². The molecule has 2 aromatic heterocycles. The number of hydrogen-bond acceptors (Lipinski definition) is 6. The average Bonchev–Trinajstić information content (AvgIpc) is 3.26. The predicted octanol–water partition coefficient (Wildman–Crippen LogP) is -0.0180. The Balaban J connectivity index is 0.000000485. The van der Waals surface area contributed by atoms with Crippen LogP contribution >= 0.6 is 0 Å². The van der Waals surface area contributed by atoms with Gasteiger partial charge in [-0.15, -0.1) is 0 Å². The molecule has 2 aliphatic heterocycles. The summed E-state index contributed by atoms with van der Waals surface area (Å²) in [4.78, 5) is 20.1. The fourth-order valence-corrected chi connectivity index (χ4v) is 3.05. The highest BCUT2D eigenvalue weighted by atomic mass is 16.6. The van der Waals surface area contributed by atoms with Crippen LogP contribution in [-0.4, -0.2) is 67.7 Å². The van der Waals surface area contributed by atoms with Crippen LogP contribution in [0.1, 0.15) is 11.7 Å². The van der Waals surface area contributed by atoms with Crippen molar-refractivity contribution in [3.63, 3.8) is 0 Å². The van der Waals surface area contributed by atoms with Gasteiger partial charge in [0.1, 0.15) is 24.0 Å². The Morgan fingerprint density at radius 1 is 1.35 bits per heavy atom. The molecule has 9 heteroatoms. The molecular formula is C14H18N4O5. The van der Waals surface area contributed by atoms with Gasteiger partial charge in [-0.1, -0.05) is 0 Å². The molecule has 23 heavy (non-hydrogen) atoms. The van der Waals surface area contributed by atoms with E-state index < -0.39 is 6.10 Å². The van der Waals surface area contributed by atoms with Gasteiger partial charge in [0.25, 0.3) is 6.47 Å². The number of aliphatic hydroxyl groups excluding tert-OH is 1. The quantitative estimate of drug-likeness (QED) is 0.664. The number of aryl methyl sites for hydroxylation is 1. The first-order valence-corrected chi connectivity index (χ1v) is 7.19. The van der Waals surface area contributed by atoms with Crippen LogP contribution in [0.3, 0.4) is 0 Å². The lowest BCUT2D eigenvalue weighted by atomic mass is 10.1. The molecular weight excluding hydrogens is 304 g/mol. The van der Waals surface area contributed by atoms with Crippen molar-refractivity contribution < 1.29 is 24.5 Å². The van der Waals surface area contributed by atoms with Gasteiger partial charge in [0.05, 0.1) is 25.6 Å². The molecule has 2 aliphatic rings. The zero-order chi connectivity index (χ0) is 16.4. The summed E-state index contributed by atoms with van der Waals surface area (Å²) in [6, 6.07) is 0.0192. The summed E-state index contributed by atoms with van der Waals surface area (Å²) >= 11 is 0. The maximum absolute atomic E-state index is 9.82. The minimum absolute atomic E-state index is 0.0192. The van der Waals surface area contributed by atoms with Crippen molar-refractivity contribution in [1.82, 2.24) is 19.5 Å². The Hall–Kier alpha value is -2.23. The van der Waals surface area contributed by atoms with Gasteiger partial charge in [-0.25, -0.2) is 9.97 Å². The van der Waals surface area contributed by atoms with E-state index in [2.05, 4.69) is 15.0 Å².